The van der Waals surface area contributed by atoms with E-state index in [-0.39, 0.29) is 31.2 Å². The Morgan fingerprint density at radius 2 is 1.61 bits per heavy atom. The van der Waals surface area contributed by atoms with Crippen molar-refractivity contribution in [1.29, 1.82) is 5.41 Å². The lowest BCUT2D eigenvalue weighted by Gasteiger charge is -2.25. The second kappa shape index (κ2) is 16.3. The third kappa shape index (κ3) is 12.3. The molecule has 2 N–H and O–H groups in total. The highest BCUT2D eigenvalue weighted by Gasteiger charge is 2.46. The second-order valence-electron chi connectivity index (χ2n) is 8.81. The van der Waals surface area contributed by atoms with Crippen LogP contribution in [0.4, 0.5) is 0 Å². The molecule has 0 amide bonds. The van der Waals surface area contributed by atoms with Crippen molar-refractivity contribution in [3.05, 3.63) is 11.4 Å². The molecule has 41 heavy (non-hydrogen) atoms. The van der Waals surface area contributed by atoms with E-state index in [1.807, 2.05) is 0 Å². The Morgan fingerprint density at radius 3 is 2.07 bits per heavy atom. The van der Waals surface area contributed by atoms with Gasteiger partial charge in [0.1, 0.15) is 5.82 Å². The van der Waals surface area contributed by atoms with E-state index in [1.54, 1.807) is 20.8 Å². The maximum atomic E-state index is 13.1. The van der Waals surface area contributed by atoms with Gasteiger partial charge in [-0.3, -0.25) is 33.1 Å². The molecule has 1 saturated heterocycles. The highest BCUT2D eigenvalue weighted by Crippen LogP contribution is 2.71. The van der Waals surface area contributed by atoms with Crippen LogP contribution in [0.3, 0.4) is 0 Å². The van der Waals surface area contributed by atoms with E-state index in [0.29, 0.717) is 11.3 Å². The van der Waals surface area contributed by atoms with Gasteiger partial charge in [0.05, 0.1) is 38.3 Å². The molecule has 0 aromatic heterocycles. The van der Waals surface area contributed by atoms with Gasteiger partial charge in [0.2, 0.25) is 0 Å². The van der Waals surface area contributed by atoms with Crippen molar-refractivity contribution in [1.82, 2.24) is 4.90 Å². The summed E-state index contributed by atoms with van der Waals surface area (Å²) in [6.07, 6.45) is -0.210. The fourth-order valence-corrected chi connectivity index (χ4v) is 7.46. The Labute approximate surface area is 238 Å². The van der Waals surface area contributed by atoms with Crippen LogP contribution in [0.5, 0.6) is 0 Å². The number of Topliss-reactive ketones (excluding diaryl/α,β-unsaturated/α-hetero) is 1. The summed E-state index contributed by atoms with van der Waals surface area (Å²) >= 11 is 0. The smallest absolute Gasteiger partial charge is 0.465 e. The third-order valence-electron chi connectivity index (χ3n) is 5.46. The predicted octanol–water partition coefficient (Wildman–Crippen LogP) is 3.84. The van der Waals surface area contributed by atoms with Crippen LogP contribution in [0.15, 0.2) is 16.4 Å². The molecule has 0 aromatic rings. The Kier molecular flexibility index (Phi) is 14.9. The first-order valence-corrected chi connectivity index (χ1v) is 16.4. The minimum absolute atomic E-state index is 0.0707. The average molecular weight is 649 g/mol. The third-order valence-corrected chi connectivity index (χ3v) is 10.5. The number of nitrogens with zero attached hydrogens (tertiary/aromatic N) is 2. The summed E-state index contributed by atoms with van der Waals surface area (Å²) in [5, 5.41) is 7.91. The van der Waals surface area contributed by atoms with Crippen LogP contribution in [0.2, 0.25) is 0 Å². The summed E-state index contributed by atoms with van der Waals surface area (Å²) in [5.41, 5.74) is 0.974. The number of carbonyl (C=O) groups excluding carboxylic acids is 2. The highest BCUT2D eigenvalue weighted by molar-refractivity contribution is 7.67. The molecule has 3 unspecified atom stereocenters. The molecule has 6 atom stereocenters. The molecule has 1 aliphatic rings. The van der Waals surface area contributed by atoms with Gasteiger partial charge in [-0.05, 0) is 34.1 Å². The zero-order valence-corrected chi connectivity index (χ0v) is 26.8. The number of ether oxygens (including phenoxy) is 2. The topological polar surface area (TPSA) is 219 Å². The lowest BCUT2D eigenvalue weighted by molar-refractivity contribution is -0.143. The zero-order chi connectivity index (χ0) is 31.6. The molecule has 17 nitrogen and oxygen atoms in total. The van der Waals surface area contributed by atoms with Gasteiger partial charge in [-0.25, -0.2) is 18.7 Å². The molecule has 0 aliphatic carbocycles. The molecule has 1 heterocycles. The Bertz CT molecular complexity index is 1160. The molecule has 1 aliphatic heterocycles. The Hall–Kier alpha value is -1.61. The van der Waals surface area contributed by atoms with Crippen molar-refractivity contribution in [3.8, 4) is 0 Å². The second-order valence-corrected chi connectivity index (χ2v) is 14.2. The van der Waals surface area contributed by atoms with Crippen molar-refractivity contribution < 1.29 is 64.4 Å². The van der Waals surface area contributed by atoms with E-state index in [0.717, 1.165) is 27.7 Å². The Balaban J connectivity index is 3.17. The van der Waals surface area contributed by atoms with Gasteiger partial charge in [0.15, 0.2) is 5.78 Å². The lowest BCUT2D eigenvalue weighted by atomic mass is 10.0. The number of esters is 1. The number of phosphoric acid groups is 3. The highest BCUT2D eigenvalue weighted by atomic mass is 31.3. The van der Waals surface area contributed by atoms with Crippen LogP contribution in [0, 0.1) is 11.3 Å². The van der Waals surface area contributed by atoms with E-state index in [1.165, 1.54) is 18.7 Å². The van der Waals surface area contributed by atoms with Gasteiger partial charge < -0.3 is 19.3 Å². The molecule has 1 rings (SSSR count). The molecule has 0 bridgehead atoms. The van der Waals surface area contributed by atoms with Gasteiger partial charge in [0, 0.05) is 45.5 Å². The number of allylic oxidation sites excluding steroid dienone is 1. The monoisotopic (exact) mass is 649 g/mol. The Morgan fingerprint density at radius 1 is 1.00 bits per heavy atom. The fraction of sp³-hybridized carbons (Fsp3) is 0.714. The predicted molar refractivity (Wildman–Crippen MR) is 145 cm³/mol. The summed E-state index contributed by atoms with van der Waals surface area (Å²) in [7, 11) is -12.2. The largest absolute Gasteiger partial charge is 0.492 e. The zero-order valence-electron chi connectivity index (χ0n) is 24.1. The number of carbonyl (C=O) groups is 2. The summed E-state index contributed by atoms with van der Waals surface area (Å²) in [4.78, 5) is 38.8. The van der Waals surface area contributed by atoms with E-state index < -0.39 is 54.2 Å². The fourth-order valence-electron chi connectivity index (χ4n) is 3.39. The number of phosphoric ester groups is 2. The van der Waals surface area contributed by atoms with Crippen LogP contribution >= 0.6 is 23.5 Å². The minimum Gasteiger partial charge on any atom is -0.465 e. The number of rotatable bonds is 18. The van der Waals surface area contributed by atoms with Gasteiger partial charge in [-0.2, -0.15) is 8.62 Å². The number of ketones is 1. The molecule has 20 heteroatoms. The molecular weight excluding hydrogens is 611 g/mol. The first-order chi connectivity index (χ1) is 18.9. The summed E-state index contributed by atoms with van der Waals surface area (Å²) in [6, 6.07) is 0. The lowest BCUT2D eigenvalue weighted by Crippen LogP contribution is -2.32. The van der Waals surface area contributed by atoms with Crippen molar-refractivity contribution in [2.45, 2.75) is 53.2 Å². The van der Waals surface area contributed by atoms with Gasteiger partial charge in [-0.1, -0.05) is 0 Å². The molecule has 1 fully saturated rings. The van der Waals surface area contributed by atoms with Gasteiger partial charge in [-0.15, -0.1) is 0 Å². The minimum atomic E-state index is -4.99. The maximum Gasteiger partial charge on any atom is 0.492 e. The normalized spacial score (nSPS) is 23.8. The van der Waals surface area contributed by atoms with Crippen LogP contribution in [-0.4, -0.2) is 86.9 Å². The summed E-state index contributed by atoms with van der Waals surface area (Å²) in [5.74, 6) is -1.04. The van der Waals surface area contributed by atoms with Crippen molar-refractivity contribution in [2.75, 3.05) is 41.1 Å². The van der Waals surface area contributed by atoms with Crippen LogP contribution in [0.1, 0.15) is 41.0 Å². The van der Waals surface area contributed by atoms with E-state index >= 15 is 0 Å². The first kappa shape index (κ1) is 37.4. The van der Waals surface area contributed by atoms with Crippen molar-refractivity contribution in [2.24, 2.45) is 10.9 Å². The van der Waals surface area contributed by atoms with E-state index in [4.69, 9.17) is 28.2 Å². The maximum absolute atomic E-state index is 13.1. The number of nitrogens with one attached hydrogen (secondary N) is 1. The first-order valence-electron chi connectivity index (χ1n) is 12.0. The molecule has 0 saturated carbocycles. The van der Waals surface area contributed by atoms with Crippen molar-refractivity contribution >= 4 is 47.3 Å². The molecule has 0 radical (unpaired) electrons. The van der Waals surface area contributed by atoms with Gasteiger partial charge in [0.25, 0.3) is 0 Å². The average Bonchev–Trinajstić information content (AvgIpc) is 3.28. The van der Waals surface area contributed by atoms with Crippen LogP contribution in [0.25, 0.3) is 0 Å². The van der Waals surface area contributed by atoms with Crippen molar-refractivity contribution in [3.63, 3.8) is 0 Å². The van der Waals surface area contributed by atoms with Crippen LogP contribution < -0.4 is 0 Å². The molecule has 0 aromatic carbocycles. The quantitative estimate of drug-likeness (QED) is 0.0708. The molecular formula is C21H38N3O14P3. The number of hydrogen-bond donors (Lipinski definition) is 2. The number of aliphatic imine (C=N–C) groups is 1. The van der Waals surface area contributed by atoms with E-state index in [9.17, 15) is 28.2 Å². The summed E-state index contributed by atoms with van der Waals surface area (Å²) in [6.45, 7) is 7.12. The molecule has 0 spiro atoms. The van der Waals surface area contributed by atoms with E-state index in [2.05, 4.69) is 18.4 Å². The van der Waals surface area contributed by atoms with Gasteiger partial charge >= 0.3 is 29.4 Å². The van der Waals surface area contributed by atoms with Crippen LogP contribution in [-0.2, 0) is 59.5 Å². The molecule has 236 valence electrons. The standard InChI is InChI=1S/C21H38N3O14P3/c1-14(2)23-21(15(3)16(4)25)24(13-22)10-19-9-18(11-34-17(5)26)20(36-19)12-35-40(29,32-7)38-41(30,33-8)37-39(27,28)31-6/h13,18-20,22H,9-12H2,1-8H3,(H,27,28)/b21-15+,22-13?/t18-,19-,20-,40?,41?/m1/s1. The summed E-state index contributed by atoms with van der Waals surface area (Å²) < 4.78 is 76.4. The number of hydrogen-bond acceptors (Lipinski definition) is 15. The SMILES string of the molecule is COP(=O)(O)OP(=O)(OC)OP(=O)(OC)OC[C@H]1O[C@@H](CN(C=N)/C(N=C(C)C)=C(\C)C(C)=O)C[C@@H]1COC(C)=O.